The van der Waals surface area contributed by atoms with Crippen LogP contribution in [0.25, 0.3) is 11.1 Å². The molecule has 55 heavy (non-hydrogen) atoms. The van der Waals surface area contributed by atoms with Crippen molar-refractivity contribution >= 4 is 46.2 Å². The Kier molecular flexibility index (Phi) is 8.94. The summed E-state index contributed by atoms with van der Waals surface area (Å²) in [5.74, 6) is -3.09. The zero-order valence-corrected chi connectivity index (χ0v) is 28.7. The molecule has 0 saturated carbocycles. The number of benzene rings is 6. The molecule has 9 heteroatoms. The first-order chi connectivity index (χ1) is 26.8. The standard InChI is InChI=1S/C46H26O9/c47-41-33-15-7-9-17-35(33)43(49)39(37(41)27-11-3-1-4-12-27)45(51)54-31-23-19-29(20-24-31)53-30-21-25-32(26-22-30)55-46(52)40-38(28-13-5-2-6-14-28)42(48)34-16-8-10-18-36(34)44(40)50/h1-26H. The summed E-state index contributed by atoms with van der Waals surface area (Å²) in [5, 5.41) is 0. The zero-order chi connectivity index (χ0) is 38.1. The molecule has 0 heterocycles. The molecule has 0 N–H and O–H groups in total. The lowest BCUT2D eigenvalue weighted by molar-refractivity contribution is -0.130. The van der Waals surface area contributed by atoms with Crippen LogP contribution >= 0.6 is 0 Å². The molecule has 0 amide bonds. The number of carbonyl (C=O) groups is 6. The van der Waals surface area contributed by atoms with Crippen molar-refractivity contribution in [1.82, 2.24) is 0 Å². The van der Waals surface area contributed by atoms with E-state index >= 15 is 0 Å². The van der Waals surface area contributed by atoms with Gasteiger partial charge in [0.05, 0.1) is 0 Å². The van der Waals surface area contributed by atoms with Crippen molar-refractivity contribution < 1.29 is 43.0 Å². The van der Waals surface area contributed by atoms with Crippen molar-refractivity contribution in [1.29, 1.82) is 0 Å². The Morgan fingerprint density at radius 1 is 0.327 bits per heavy atom. The minimum atomic E-state index is -0.972. The lowest BCUT2D eigenvalue weighted by atomic mass is 9.81. The van der Waals surface area contributed by atoms with Gasteiger partial charge in [-0.25, -0.2) is 9.59 Å². The average Bonchev–Trinajstić information content (AvgIpc) is 3.22. The molecule has 0 saturated heterocycles. The van der Waals surface area contributed by atoms with E-state index in [1.807, 2.05) is 0 Å². The molecule has 9 nitrogen and oxygen atoms in total. The van der Waals surface area contributed by atoms with Gasteiger partial charge in [0.1, 0.15) is 34.1 Å². The number of fused-ring (bicyclic) bond motifs is 2. The summed E-state index contributed by atoms with van der Waals surface area (Å²) in [6.45, 7) is 0. The average molecular weight is 723 g/mol. The second kappa shape index (κ2) is 14.3. The van der Waals surface area contributed by atoms with Crippen molar-refractivity contribution in [2.45, 2.75) is 0 Å². The normalized spacial score (nSPS) is 13.6. The minimum absolute atomic E-state index is 0.0269. The van der Waals surface area contributed by atoms with Gasteiger partial charge in [0.25, 0.3) is 0 Å². The molecule has 2 aliphatic carbocycles. The molecule has 0 atom stereocenters. The summed E-state index contributed by atoms with van der Waals surface area (Å²) >= 11 is 0. The van der Waals surface area contributed by atoms with Gasteiger partial charge in [-0.1, -0.05) is 109 Å². The Morgan fingerprint density at radius 3 is 0.964 bits per heavy atom. The van der Waals surface area contributed by atoms with Gasteiger partial charge in [0.2, 0.25) is 11.6 Å². The monoisotopic (exact) mass is 722 g/mol. The first-order valence-electron chi connectivity index (χ1n) is 17.1. The van der Waals surface area contributed by atoms with Crippen LogP contribution in [0.15, 0.2) is 169 Å². The molecule has 8 rings (SSSR count). The van der Waals surface area contributed by atoms with Crippen LogP contribution in [0.1, 0.15) is 52.6 Å². The molecule has 6 aromatic rings. The summed E-state index contributed by atoms with van der Waals surface area (Å²) in [7, 11) is 0. The van der Waals surface area contributed by atoms with Crippen LogP contribution in [0.3, 0.4) is 0 Å². The molecule has 2 aliphatic rings. The van der Waals surface area contributed by atoms with Gasteiger partial charge in [-0.3, -0.25) is 19.2 Å². The first-order valence-corrected chi connectivity index (χ1v) is 17.1. The third kappa shape index (κ3) is 6.47. The summed E-state index contributed by atoms with van der Waals surface area (Å²) < 4.78 is 17.1. The number of esters is 2. The molecule has 0 aliphatic heterocycles. The summed E-state index contributed by atoms with van der Waals surface area (Å²) in [6.07, 6.45) is 0. The first kappa shape index (κ1) is 34.3. The Hall–Kier alpha value is -7.78. The molecular weight excluding hydrogens is 696 g/mol. The summed E-state index contributed by atoms with van der Waals surface area (Å²) in [4.78, 5) is 81.2. The highest BCUT2D eigenvalue weighted by Gasteiger charge is 2.39. The Balaban J connectivity index is 0.976. The number of hydrogen-bond acceptors (Lipinski definition) is 9. The van der Waals surface area contributed by atoms with Crippen molar-refractivity contribution in [3.05, 3.63) is 202 Å². The van der Waals surface area contributed by atoms with E-state index in [4.69, 9.17) is 14.2 Å². The SMILES string of the molecule is O=C(Oc1ccc(Oc2ccc(OC(=O)C3=C(c4ccccc4)C(=O)c4ccccc4C3=O)cc2)cc1)C1=C(c2ccccc2)C(=O)c2ccccc2C1=O. The Bertz CT molecular complexity index is 2450. The third-order valence-corrected chi connectivity index (χ3v) is 9.08. The molecule has 0 spiro atoms. The summed E-state index contributed by atoms with van der Waals surface area (Å²) in [5.41, 5.74) is 0.761. The third-order valence-electron chi connectivity index (χ3n) is 9.08. The highest BCUT2D eigenvalue weighted by atomic mass is 16.5. The van der Waals surface area contributed by atoms with Gasteiger partial charge in [-0.05, 0) is 59.7 Å². The predicted molar refractivity (Wildman–Crippen MR) is 201 cm³/mol. The van der Waals surface area contributed by atoms with Crippen LogP contribution in [-0.2, 0) is 9.59 Å². The van der Waals surface area contributed by atoms with Crippen LogP contribution in [0, 0.1) is 0 Å². The maximum absolute atomic E-state index is 13.6. The van der Waals surface area contributed by atoms with Gasteiger partial charge in [0.15, 0.2) is 11.6 Å². The van der Waals surface area contributed by atoms with E-state index in [1.54, 1.807) is 121 Å². The summed E-state index contributed by atoms with van der Waals surface area (Å²) in [6, 6.07) is 41.8. The van der Waals surface area contributed by atoms with E-state index in [0.717, 1.165) is 0 Å². The molecule has 0 unspecified atom stereocenters. The number of hydrogen-bond donors (Lipinski definition) is 0. The van der Waals surface area contributed by atoms with Crippen LogP contribution in [-0.4, -0.2) is 35.1 Å². The van der Waals surface area contributed by atoms with E-state index in [2.05, 4.69) is 0 Å². The Morgan fingerprint density at radius 2 is 0.618 bits per heavy atom. The van der Waals surface area contributed by atoms with E-state index in [1.165, 1.54) is 36.4 Å². The highest BCUT2D eigenvalue weighted by Crippen LogP contribution is 2.36. The molecule has 0 aromatic heterocycles. The van der Waals surface area contributed by atoms with Gasteiger partial charge >= 0.3 is 11.9 Å². The maximum Gasteiger partial charge on any atom is 0.348 e. The number of carbonyl (C=O) groups excluding carboxylic acids is 6. The van der Waals surface area contributed by atoms with Crippen molar-refractivity contribution in [3.63, 3.8) is 0 Å². The van der Waals surface area contributed by atoms with Crippen molar-refractivity contribution in [2.24, 2.45) is 0 Å². The quantitative estimate of drug-likeness (QED) is 0.0864. The minimum Gasteiger partial charge on any atom is -0.457 e. The van der Waals surface area contributed by atoms with Gasteiger partial charge < -0.3 is 14.2 Å². The van der Waals surface area contributed by atoms with Crippen molar-refractivity contribution in [3.8, 4) is 23.0 Å². The Labute approximate surface area is 313 Å². The van der Waals surface area contributed by atoms with Gasteiger partial charge in [-0.2, -0.15) is 0 Å². The van der Waals surface area contributed by atoms with Crippen LogP contribution < -0.4 is 14.2 Å². The molecule has 6 aromatic carbocycles. The maximum atomic E-state index is 13.6. The second-order valence-corrected chi connectivity index (χ2v) is 12.5. The number of Topliss-reactive ketones (excluding diaryl/α,β-unsaturated/α-hetero) is 4. The van der Waals surface area contributed by atoms with Crippen LogP contribution in [0.2, 0.25) is 0 Å². The fraction of sp³-hybridized carbons (Fsp3) is 0. The number of ketones is 4. The molecule has 0 bridgehead atoms. The molecule has 0 radical (unpaired) electrons. The topological polar surface area (TPSA) is 130 Å². The van der Waals surface area contributed by atoms with Crippen molar-refractivity contribution in [2.75, 3.05) is 0 Å². The smallest absolute Gasteiger partial charge is 0.348 e. The molecular formula is C46H26O9. The molecule has 264 valence electrons. The number of allylic oxidation sites excluding steroid dienone is 2. The van der Waals surface area contributed by atoms with Gasteiger partial charge in [0, 0.05) is 33.4 Å². The largest absolute Gasteiger partial charge is 0.457 e. The van der Waals surface area contributed by atoms with E-state index in [0.29, 0.717) is 22.6 Å². The van der Waals surface area contributed by atoms with E-state index in [-0.39, 0.29) is 56.0 Å². The van der Waals surface area contributed by atoms with Gasteiger partial charge in [-0.15, -0.1) is 0 Å². The highest BCUT2D eigenvalue weighted by molar-refractivity contribution is 6.47. The zero-order valence-electron chi connectivity index (χ0n) is 28.7. The van der Waals surface area contributed by atoms with Crippen LogP contribution in [0.4, 0.5) is 0 Å². The predicted octanol–water partition coefficient (Wildman–Crippen LogP) is 8.36. The number of ether oxygens (including phenoxy) is 3. The van der Waals surface area contributed by atoms with E-state index in [9.17, 15) is 28.8 Å². The fourth-order valence-corrected chi connectivity index (χ4v) is 6.50. The molecule has 0 fully saturated rings. The lowest BCUT2D eigenvalue weighted by Gasteiger charge is -2.20. The fourth-order valence-electron chi connectivity index (χ4n) is 6.50. The van der Waals surface area contributed by atoms with E-state index < -0.39 is 35.1 Å². The lowest BCUT2D eigenvalue weighted by Crippen LogP contribution is -2.28. The van der Waals surface area contributed by atoms with Crippen LogP contribution in [0.5, 0.6) is 23.0 Å². The number of rotatable bonds is 8. The second-order valence-electron chi connectivity index (χ2n) is 12.5.